The van der Waals surface area contributed by atoms with E-state index in [-0.39, 0.29) is 33.7 Å². The molecule has 0 radical (unpaired) electrons. The third kappa shape index (κ3) is 4.02. The Kier molecular flexibility index (Phi) is 4.80. The van der Waals surface area contributed by atoms with E-state index in [9.17, 15) is 13.2 Å². The average Bonchev–Trinajstić information content (AvgIpc) is 2.20. The summed E-state index contributed by atoms with van der Waals surface area (Å²) in [5.41, 5.74) is 0. The Morgan fingerprint density at radius 2 is 1.83 bits per heavy atom. The van der Waals surface area contributed by atoms with Crippen molar-refractivity contribution >= 4 is 39.2 Å². The van der Waals surface area contributed by atoms with Gasteiger partial charge in [0.15, 0.2) is 5.75 Å². The molecule has 0 fully saturated rings. The molecule has 0 saturated carbocycles. The van der Waals surface area contributed by atoms with Crippen molar-refractivity contribution in [2.24, 2.45) is 5.14 Å². The lowest BCUT2D eigenvalue weighted by Crippen LogP contribution is -2.12. The fourth-order valence-corrected chi connectivity index (χ4v) is 2.37. The maximum absolute atomic E-state index is 11.1. The summed E-state index contributed by atoms with van der Waals surface area (Å²) < 4.78 is 27.3. The summed E-state index contributed by atoms with van der Waals surface area (Å²) in [6.45, 7) is -0.135. The van der Waals surface area contributed by atoms with Gasteiger partial charge in [0, 0.05) is 0 Å². The second kappa shape index (κ2) is 5.75. The summed E-state index contributed by atoms with van der Waals surface area (Å²) >= 11 is 11.6. The van der Waals surface area contributed by atoms with Gasteiger partial charge < -0.3 is 9.84 Å². The normalized spacial score (nSPS) is 11.3. The van der Waals surface area contributed by atoms with Gasteiger partial charge in [-0.1, -0.05) is 23.2 Å². The Morgan fingerprint density at radius 1 is 1.33 bits per heavy atom. The number of hydrogen-bond acceptors (Lipinski definition) is 4. The highest BCUT2D eigenvalue weighted by Crippen LogP contribution is 2.35. The van der Waals surface area contributed by atoms with Crippen LogP contribution in [0.5, 0.6) is 5.75 Å². The molecule has 0 amide bonds. The number of carboxylic acid groups (broad SMARTS) is 1. The Balaban J connectivity index is 2.99. The number of halogens is 2. The molecule has 9 heteroatoms. The van der Waals surface area contributed by atoms with Gasteiger partial charge in [-0.25, -0.2) is 13.6 Å². The van der Waals surface area contributed by atoms with Gasteiger partial charge in [-0.15, -0.1) is 0 Å². The van der Waals surface area contributed by atoms with Crippen LogP contribution in [0.3, 0.4) is 0 Å². The topological polar surface area (TPSA) is 107 Å². The molecule has 0 unspecified atom stereocenters. The van der Waals surface area contributed by atoms with Crippen molar-refractivity contribution in [2.45, 2.75) is 11.3 Å². The minimum Gasteiger partial charge on any atom is -0.490 e. The molecule has 0 atom stereocenters. The lowest BCUT2D eigenvalue weighted by Gasteiger charge is -2.10. The molecule has 3 N–H and O–H groups in total. The minimum atomic E-state index is -3.92. The van der Waals surface area contributed by atoms with Gasteiger partial charge in [-0.2, -0.15) is 0 Å². The van der Waals surface area contributed by atoms with Crippen LogP contribution in [0.15, 0.2) is 17.0 Å². The molecule has 6 nitrogen and oxygen atoms in total. The fraction of sp³-hybridized carbons (Fsp3) is 0.222. The monoisotopic (exact) mass is 313 g/mol. The van der Waals surface area contributed by atoms with Crippen molar-refractivity contribution in [1.82, 2.24) is 0 Å². The number of rotatable bonds is 5. The van der Waals surface area contributed by atoms with Gasteiger partial charge in [0.25, 0.3) is 0 Å². The Bertz CT molecular complexity index is 549. The van der Waals surface area contributed by atoms with Crippen molar-refractivity contribution in [1.29, 1.82) is 0 Å². The van der Waals surface area contributed by atoms with E-state index >= 15 is 0 Å². The molecule has 0 aliphatic carbocycles. The summed E-state index contributed by atoms with van der Waals surface area (Å²) in [4.78, 5) is 10.1. The highest BCUT2D eigenvalue weighted by molar-refractivity contribution is 7.89. The van der Waals surface area contributed by atoms with Gasteiger partial charge in [0.2, 0.25) is 10.0 Å². The van der Waals surface area contributed by atoms with E-state index in [1.54, 1.807) is 0 Å². The van der Waals surface area contributed by atoms with E-state index < -0.39 is 16.0 Å². The SMILES string of the molecule is NS(=O)(=O)c1cc(Cl)c(OCCC(=O)O)c(Cl)c1. The Hall–Kier alpha value is -1.02. The van der Waals surface area contributed by atoms with Gasteiger partial charge in [-0.3, -0.25) is 4.79 Å². The van der Waals surface area contributed by atoms with Crippen LogP contribution in [0, 0.1) is 0 Å². The number of sulfonamides is 1. The molecule has 0 aliphatic rings. The third-order valence-corrected chi connectivity index (χ3v) is 3.32. The van der Waals surface area contributed by atoms with Crippen molar-refractivity contribution in [2.75, 3.05) is 6.61 Å². The molecular formula is C9H9Cl2NO5S. The predicted octanol–water partition coefficient (Wildman–Crippen LogP) is 1.49. The molecule has 0 aliphatic heterocycles. The number of carboxylic acids is 1. The number of hydrogen-bond donors (Lipinski definition) is 2. The van der Waals surface area contributed by atoms with Crippen LogP contribution in [-0.4, -0.2) is 26.1 Å². The zero-order valence-corrected chi connectivity index (χ0v) is 11.2. The molecule has 0 bridgehead atoms. The highest BCUT2D eigenvalue weighted by Gasteiger charge is 2.16. The smallest absolute Gasteiger partial charge is 0.306 e. The van der Waals surface area contributed by atoms with E-state index in [0.717, 1.165) is 12.1 Å². The van der Waals surface area contributed by atoms with Gasteiger partial charge in [-0.05, 0) is 12.1 Å². The van der Waals surface area contributed by atoms with Crippen LogP contribution < -0.4 is 9.88 Å². The maximum atomic E-state index is 11.1. The second-order valence-electron chi connectivity index (χ2n) is 3.25. The van der Waals surface area contributed by atoms with Gasteiger partial charge in [0.1, 0.15) is 0 Å². The minimum absolute atomic E-state index is 0.0204. The first-order chi connectivity index (χ1) is 8.21. The number of ether oxygens (including phenoxy) is 1. The third-order valence-electron chi connectivity index (χ3n) is 1.86. The molecule has 1 rings (SSSR count). The molecule has 0 aromatic heterocycles. The van der Waals surface area contributed by atoms with Crippen LogP contribution in [-0.2, 0) is 14.8 Å². The molecule has 0 spiro atoms. The quantitative estimate of drug-likeness (QED) is 0.856. The van der Waals surface area contributed by atoms with Crippen molar-refractivity contribution in [3.05, 3.63) is 22.2 Å². The fourth-order valence-electron chi connectivity index (χ4n) is 1.08. The van der Waals surface area contributed by atoms with Crippen LogP contribution in [0.25, 0.3) is 0 Å². The first kappa shape index (κ1) is 15.0. The van der Waals surface area contributed by atoms with Crippen LogP contribution >= 0.6 is 23.2 Å². The average molecular weight is 314 g/mol. The van der Waals surface area contributed by atoms with E-state index in [4.69, 9.17) is 38.2 Å². The summed E-state index contributed by atoms with van der Waals surface area (Å²) in [5.74, 6) is -1.02. The molecule has 1 aromatic carbocycles. The second-order valence-corrected chi connectivity index (χ2v) is 5.63. The predicted molar refractivity (Wildman–Crippen MR) is 65.6 cm³/mol. The number of carbonyl (C=O) groups is 1. The summed E-state index contributed by atoms with van der Waals surface area (Å²) in [5, 5.41) is 13.2. The van der Waals surface area contributed by atoms with Crippen molar-refractivity contribution in [3.8, 4) is 5.75 Å². The zero-order chi connectivity index (χ0) is 13.9. The number of benzene rings is 1. The summed E-state index contributed by atoms with van der Waals surface area (Å²) in [6, 6.07) is 2.16. The molecule has 100 valence electrons. The molecular weight excluding hydrogens is 305 g/mol. The number of nitrogens with two attached hydrogens (primary N) is 1. The van der Waals surface area contributed by atoms with E-state index in [2.05, 4.69) is 0 Å². The Morgan fingerprint density at radius 3 is 2.22 bits per heavy atom. The van der Waals surface area contributed by atoms with E-state index in [0.29, 0.717) is 0 Å². The van der Waals surface area contributed by atoms with Gasteiger partial charge in [0.05, 0.1) is 28.0 Å². The van der Waals surface area contributed by atoms with E-state index in [1.807, 2.05) is 0 Å². The standard InChI is InChI=1S/C9H9Cl2NO5S/c10-6-3-5(18(12,15)16)4-7(11)9(6)17-2-1-8(13)14/h3-4H,1-2H2,(H,13,14)(H2,12,15,16). The lowest BCUT2D eigenvalue weighted by molar-refractivity contribution is -0.137. The zero-order valence-electron chi connectivity index (χ0n) is 8.89. The first-order valence-corrected chi connectivity index (χ1v) is 6.88. The first-order valence-electron chi connectivity index (χ1n) is 4.58. The van der Waals surface area contributed by atoms with E-state index in [1.165, 1.54) is 0 Å². The molecule has 1 aromatic rings. The Labute approximate surface area is 113 Å². The number of aliphatic carboxylic acids is 1. The van der Waals surface area contributed by atoms with Crippen LogP contribution in [0.2, 0.25) is 10.0 Å². The molecule has 0 heterocycles. The van der Waals surface area contributed by atoms with Crippen molar-refractivity contribution < 1.29 is 23.1 Å². The summed E-state index contributed by atoms with van der Waals surface area (Å²) in [7, 11) is -3.92. The maximum Gasteiger partial charge on any atom is 0.306 e. The highest BCUT2D eigenvalue weighted by atomic mass is 35.5. The molecule has 18 heavy (non-hydrogen) atoms. The summed E-state index contributed by atoms with van der Waals surface area (Å²) in [6.07, 6.45) is -0.233. The number of primary sulfonamides is 1. The van der Waals surface area contributed by atoms with Crippen LogP contribution in [0.1, 0.15) is 6.42 Å². The largest absolute Gasteiger partial charge is 0.490 e. The lowest BCUT2D eigenvalue weighted by atomic mass is 10.3. The molecule has 0 saturated heterocycles. The van der Waals surface area contributed by atoms with Crippen LogP contribution in [0.4, 0.5) is 0 Å². The van der Waals surface area contributed by atoms with Gasteiger partial charge >= 0.3 is 5.97 Å². The van der Waals surface area contributed by atoms with Crippen molar-refractivity contribution in [3.63, 3.8) is 0 Å².